The van der Waals surface area contributed by atoms with Gasteiger partial charge < -0.3 is 4.90 Å². The van der Waals surface area contributed by atoms with Crippen LogP contribution >= 0.6 is 0 Å². The Labute approximate surface area is 159 Å². The summed E-state index contributed by atoms with van der Waals surface area (Å²) in [7, 11) is -3.35. The Morgan fingerprint density at radius 3 is 2.19 bits per heavy atom. The Hall–Kier alpha value is -2.66. The van der Waals surface area contributed by atoms with E-state index in [9.17, 15) is 13.2 Å². The summed E-state index contributed by atoms with van der Waals surface area (Å²) in [5, 5.41) is 1.53. The number of amides is 1. The fourth-order valence-corrected chi connectivity index (χ4v) is 5.51. The lowest BCUT2D eigenvalue weighted by atomic mass is 10.0. The van der Waals surface area contributed by atoms with Crippen LogP contribution in [0.1, 0.15) is 23.2 Å². The number of benzene rings is 3. The van der Waals surface area contributed by atoms with Gasteiger partial charge in [0.15, 0.2) is 9.84 Å². The van der Waals surface area contributed by atoms with Gasteiger partial charge in [0.1, 0.15) is 0 Å². The maximum Gasteiger partial charge on any atom is 0.254 e. The zero-order chi connectivity index (χ0) is 18.9. The smallest absolute Gasteiger partial charge is 0.254 e. The molecule has 4 nitrogen and oxygen atoms in total. The molecule has 138 valence electrons. The molecular weight excluding hydrogens is 358 g/mol. The van der Waals surface area contributed by atoms with Crippen molar-refractivity contribution in [3.63, 3.8) is 0 Å². The lowest BCUT2D eigenvalue weighted by Crippen LogP contribution is -2.42. The Balaban J connectivity index is 1.52. The van der Waals surface area contributed by atoms with E-state index in [1.807, 2.05) is 48.5 Å². The number of rotatable bonds is 3. The van der Waals surface area contributed by atoms with Gasteiger partial charge in [-0.05, 0) is 41.8 Å². The molecule has 0 spiro atoms. The van der Waals surface area contributed by atoms with Gasteiger partial charge in [-0.1, -0.05) is 54.6 Å². The van der Waals surface area contributed by atoms with Crippen molar-refractivity contribution in [1.29, 1.82) is 0 Å². The number of carbonyl (C=O) groups is 1. The molecule has 1 heterocycles. The summed E-state index contributed by atoms with van der Waals surface area (Å²) in [6, 6.07) is 22.1. The van der Waals surface area contributed by atoms with E-state index in [1.54, 1.807) is 29.2 Å². The fourth-order valence-electron chi connectivity index (χ4n) is 3.75. The predicted molar refractivity (Wildman–Crippen MR) is 107 cm³/mol. The maximum atomic E-state index is 13.0. The number of carbonyl (C=O) groups excluding carboxylic acids is 1. The molecule has 0 bridgehead atoms. The van der Waals surface area contributed by atoms with Crippen molar-refractivity contribution in [1.82, 2.24) is 4.90 Å². The van der Waals surface area contributed by atoms with Gasteiger partial charge in [-0.25, -0.2) is 8.42 Å². The van der Waals surface area contributed by atoms with Crippen LogP contribution in [0.4, 0.5) is 0 Å². The number of piperidine rings is 1. The van der Waals surface area contributed by atoms with E-state index in [0.29, 0.717) is 36.4 Å². The van der Waals surface area contributed by atoms with Gasteiger partial charge in [-0.3, -0.25) is 4.79 Å². The Kier molecular flexibility index (Phi) is 4.70. The summed E-state index contributed by atoms with van der Waals surface area (Å²) in [6.07, 6.45) is 0.932. The van der Waals surface area contributed by atoms with E-state index in [4.69, 9.17) is 0 Å². The van der Waals surface area contributed by atoms with Crippen LogP contribution in [0.3, 0.4) is 0 Å². The quantitative estimate of drug-likeness (QED) is 0.693. The third kappa shape index (κ3) is 3.35. The van der Waals surface area contributed by atoms with Gasteiger partial charge in [0.25, 0.3) is 5.91 Å². The number of fused-ring (bicyclic) bond motifs is 1. The molecule has 27 heavy (non-hydrogen) atoms. The van der Waals surface area contributed by atoms with E-state index in [-0.39, 0.29) is 5.91 Å². The molecule has 0 saturated carbocycles. The molecule has 3 aromatic carbocycles. The number of likely N-dealkylation sites (tertiary alicyclic amines) is 1. The van der Waals surface area contributed by atoms with Crippen molar-refractivity contribution in [2.45, 2.75) is 23.0 Å². The topological polar surface area (TPSA) is 54.5 Å². The lowest BCUT2D eigenvalue weighted by molar-refractivity contribution is 0.0727. The molecule has 1 amide bonds. The molecular formula is C22H21NO3S. The third-order valence-electron chi connectivity index (χ3n) is 5.26. The standard InChI is InChI=1S/C22H21NO3S/c24-22(21-12-6-8-17-7-4-5-11-20(17)21)23-15-13-19(14-16-23)27(25,26)18-9-2-1-3-10-18/h1-12,19H,13-16H2. The normalized spacial score (nSPS) is 15.8. The van der Waals surface area contributed by atoms with Crippen LogP contribution in [0.2, 0.25) is 0 Å². The molecule has 5 heteroatoms. The zero-order valence-electron chi connectivity index (χ0n) is 14.9. The third-order valence-corrected chi connectivity index (χ3v) is 7.54. The molecule has 1 aliphatic heterocycles. The van der Waals surface area contributed by atoms with E-state index in [0.717, 1.165) is 10.8 Å². The first-order valence-corrected chi connectivity index (χ1v) is 10.7. The SMILES string of the molecule is O=C(c1cccc2ccccc12)N1CCC(S(=O)(=O)c2ccccc2)CC1. The van der Waals surface area contributed by atoms with Gasteiger partial charge >= 0.3 is 0 Å². The van der Waals surface area contributed by atoms with E-state index < -0.39 is 15.1 Å². The van der Waals surface area contributed by atoms with Crippen LogP contribution in [0.5, 0.6) is 0 Å². The minimum absolute atomic E-state index is 0.0256. The second kappa shape index (κ2) is 7.16. The lowest BCUT2D eigenvalue weighted by Gasteiger charge is -2.32. The van der Waals surface area contributed by atoms with Crippen LogP contribution in [0.15, 0.2) is 77.7 Å². The van der Waals surface area contributed by atoms with Crippen LogP contribution in [-0.2, 0) is 9.84 Å². The fraction of sp³-hybridized carbons (Fsp3) is 0.227. The van der Waals surface area contributed by atoms with Crippen molar-refractivity contribution >= 4 is 26.5 Å². The van der Waals surface area contributed by atoms with E-state index >= 15 is 0 Å². The molecule has 1 saturated heterocycles. The van der Waals surface area contributed by atoms with E-state index in [2.05, 4.69) is 0 Å². The first kappa shape index (κ1) is 17.7. The first-order valence-electron chi connectivity index (χ1n) is 9.13. The summed E-state index contributed by atoms with van der Waals surface area (Å²) in [6.45, 7) is 0.914. The van der Waals surface area contributed by atoms with Gasteiger partial charge in [0.2, 0.25) is 0 Å². The van der Waals surface area contributed by atoms with Gasteiger partial charge in [-0.15, -0.1) is 0 Å². The minimum Gasteiger partial charge on any atom is -0.339 e. The Morgan fingerprint density at radius 2 is 1.44 bits per heavy atom. The molecule has 0 atom stereocenters. The average molecular weight is 379 g/mol. The van der Waals surface area contributed by atoms with Crippen LogP contribution < -0.4 is 0 Å². The van der Waals surface area contributed by atoms with Crippen molar-refractivity contribution in [3.8, 4) is 0 Å². The summed E-state index contributed by atoms with van der Waals surface area (Å²) >= 11 is 0. The highest BCUT2D eigenvalue weighted by Gasteiger charge is 2.33. The predicted octanol–water partition coefficient (Wildman–Crippen LogP) is 3.92. The molecule has 4 rings (SSSR count). The highest BCUT2D eigenvalue weighted by atomic mass is 32.2. The number of hydrogen-bond acceptors (Lipinski definition) is 3. The Bertz CT molecular complexity index is 1060. The van der Waals surface area contributed by atoms with Gasteiger partial charge in [-0.2, -0.15) is 0 Å². The summed E-state index contributed by atoms with van der Waals surface area (Å²) in [4.78, 5) is 15.2. The monoisotopic (exact) mass is 379 g/mol. The zero-order valence-corrected chi connectivity index (χ0v) is 15.7. The van der Waals surface area contributed by atoms with Crippen molar-refractivity contribution in [2.75, 3.05) is 13.1 Å². The first-order chi connectivity index (χ1) is 13.1. The average Bonchev–Trinajstić information content (AvgIpc) is 2.73. The molecule has 3 aromatic rings. The van der Waals surface area contributed by atoms with E-state index in [1.165, 1.54) is 0 Å². The summed E-state index contributed by atoms with van der Waals surface area (Å²) in [5.74, 6) is -0.0256. The van der Waals surface area contributed by atoms with Gasteiger partial charge in [0, 0.05) is 18.7 Å². The largest absolute Gasteiger partial charge is 0.339 e. The second-order valence-electron chi connectivity index (χ2n) is 6.88. The van der Waals surface area contributed by atoms with Crippen LogP contribution in [-0.4, -0.2) is 37.6 Å². The van der Waals surface area contributed by atoms with Crippen LogP contribution in [0.25, 0.3) is 10.8 Å². The number of sulfone groups is 1. The second-order valence-corrected chi connectivity index (χ2v) is 9.10. The Morgan fingerprint density at radius 1 is 0.815 bits per heavy atom. The van der Waals surface area contributed by atoms with Crippen molar-refractivity contribution < 1.29 is 13.2 Å². The molecule has 1 fully saturated rings. The summed E-state index contributed by atoms with van der Waals surface area (Å²) < 4.78 is 25.6. The van der Waals surface area contributed by atoms with Gasteiger partial charge in [0.05, 0.1) is 10.1 Å². The molecule has 0 radical (unpaired) electrons. The van der Waals surface area contributed by atoms with Crippen molar-refractivity contribution in [3.05, 3.63) is 78.4 Å². The molecule has 1 aliphatic rings. The highest BCUT2D eigenvalue weighted by Crippen LogP contribution is 2.26. The highest BCUT2D eigenvalue weighted by molar-refractivity contribution is 7.92. The number of hydrogen-bond donors (Lipinski definition) is 0. The summed E-state index contributed by atoms with van der Waals surface area (Å²) in [5.41, 5.74) is 0.678. The molecule has 0 aliphatic carbocycles. The minimum atomic E-state index is -3.35. The molecule has 0 aromatic heterocycles. The van der Waals surface area contributed by atoms with Crippen LogP contribution in [0, 0.1) is 0 Å². The number of nitrogens with zero attached hydrogens (tertiary/aromatic N) is 1. The maximum absolute atomic E-state index is 13.0. The molecule has 0 unspecified atom stereocenters. The molecule has 0 N–H and O–H groups in total. The van der Waals surface area contributed by atoms with Crippen molar-refractivity contribution in [2.24, 2.45) is 0 Å².